The SMILES string of the molecule is CCCOc1c(Cl)cc(/C=N/n2c(-c3ccccc3C)n[nH]c2=S)cc1OCC. The van der Waals surface area contributed by atoms with Gasteiger partial charge < -0.3 is 9.47 Å². The highest BCUT2D eigenvalue weighted by Crippen LogP contribution is 2.36. The van der Waals surface area contributed by atoms with Gasteiger partial charge in [0.05, 0.1) is 24.5 Å². The first-order valence-electron chi connectivity index (χ1n) is 9.42. The second-order valence-corrected chi connectivity index (χ2v) is 7.13. The van der Waals surface area contributed by atoms with Crippen LogP contribution in [0.2, 0.25) is 5.02 Å². The summed E-state index contributed by atoms with van der Waals surface area (Å²) < 4.78 is 13.4. The molecule has 0 radical (unpaired) electrons. The maximum absolute atomic E-state index is 6.43. The number of nitrogens with one attached hydrogen (secondary N) is 1. The van der Waals surface area contributed by atoms with Gasteiger partial charge in [0.25, 0.3) is 0 Å². The van der Waals surface area contributed by atoms with Crippen LogP contribution >= 0.6 is 23.8 Å². The minimum absolute atomic E-state index is 0.401. The summed E-state index contributed by atoms with van der Waals surface area (Å²) in [6.07, 6.45) is 2.55. The van der Waals surface area contributed by atoms with Crippen LogP contribution in [-0.2, 0) is 0 Å². The van der Waals surface area contributed by atoms with Gasteiger partial charge in [-0.1, -0.05) is 42.8 Å². The number of H-pyrrole nitrogens is 1. The maximum atomic E-state index is 6.43. The van der Waals surface area contributed by atoms with E-state index in [1.807, 2.05) is 51.1 Å². The third kappa shape index (κ3) is 4.86. The third-order valence-electron chi connectivity index (χ3n) is 4.14. The summed E-state index contributed by atoms with van der Waals surface area (Å²) in [5.74, 6) is 1.78. The van der Waals surface area contributed by atoms with Gasteiger partial charge in [0, 0.05) is 5.56 Å². The van der Waals surface area contributed by atoms with Gasteiger partial charge in [-0.2, -0.15) is 14.9 Å². The molecule has 1 aromatic heterocycles. The molecule has 1 heterocycles. The zero-order chi connectivity index (χ0) is 20.8. The summed E-state index contributed by atoms with van der Waals surface area (Å²) in [6, 6.07) is 11.6. The molecule has 152 valence electrons. The number of halogens is 1. The Kier molecular flexibility index (Phi) is 7.06. The van der Waals surface area contributed by atoms with Gasteiger partial charge >= 0.3 is 0 Å². The number of nitrogens with zero attached hydrogens (tertiary/aromatic N) is 3. The van der Waals surface area contributed by atoms with Crippen molar-refractivity contribution in [2.24, 2.45) is 5.10 Å². The molecule has 1 N–H and O–H groups in total. The third-order valence-corrected chi connectivity index (χ3v) is 4.69. The van der Waals surface area contributed by atoms with Crippen LogP contribution in [-0.4, -0.2) is 34.3 Å². The van der Waals surface area contributed by atoms with Crippen LogP contribution in [0.5, 0.6) is 11.5 Å². The Hall–Kier alpha value is -2.64. The van der Waals surface area contributed by atoms with Crippen molar-refractivity contribution in [1.82, 2.24) is 14.9 Å². The van der Waals surface area contributed by atoms with Crippen LogP contribution in [0.15, 0.2) is 41.5 Å². The number of aryl methyl sites for hydroxylation is 1. The topological polar surface area (TPSA) is 64.4 Å². The Morgan fingerprint density at radius 2 is 2.03 bits per heavy atom. The fourth-order valence-corrected chi connectivity index (χ4v) is 3.24. The van der Waals surface area contributed by atoms with E-state index < -0.39 is 0 Å². The molecule has 0 spiro atoms. The normalized spacial score (nSPS) is 11.2. The number of hydrogen-bond acceptors (Lipinski definition) is 5. The first-order chi connectivity index (χ1) is 14.0. The Morgan fingerprint density at radius 3 is 2.76 bits per heavy atom. The van der Waals surface area contributed by atoms with Gasteiger partial charge in [-0.3, -0.25) is 0 Å². The molecule has 3 aromatic rings. The average Bonchev–Trinajstić information content (AvgIpc) is 3.06. The maximum Gasteiger partial charge on any atom is 0.216 e. The van der Waals surface area contributed by atoms with Gasteiger partial charge in [0.15, 0.2) is 17.3 Å². The van der Waals surface area contributed by atoms with Gasteiger partial charge in [-0.05, 0) is 55.7 Å². The molecule has 0 aliphatic carbocycles. The highest BCUT2D eigenvalue weighted by atomic mass is 35.5. The molecular weight excluding hydrogens is 408 g/mol. The lowest BCUT2D eigenvalue weighted by Crippen LogP contribution is -2.02. The number of aromatic amines is 1. The van der Waals surface area contributed by atoms with Crippen molar-refractivity contribution in [3.63, 3.8) is 0 Å². The minimum atomic E-state index is 0.401. The number of rotatable bonds is 8. The lowest BCUT2D eigenvalue weighted by Gasteiger charge is -2.13. The molecule has 0 unspecified atom stereocenters. The van der Waals surface area contributed by atoms with Crippen molar-refractivity contribution in [2.45, 2.75) is 27.2 Å². The van der Waals surface area contributed by atoms with Crippen LogP contribution in [0, 0.1) is 11.7 Å². The molecule has 0 saturated carbocycles. The van der Waals surface area contributed by atoms with Crippen LogP contribution in [0.3, 0.4) is 0 Å². The fourth-order valence-electron chi connectivity index (χ4n) is 2.79. The van der Waals surface area contributed by atoms with Crippen LogP contribution in [0.25, 0.3) is 11.4 Å². The molecule has 6 nitrogen and oxygen atoms in total. The summed E-state index contributed by atoms with van der Waals surface area (Å²) in [4.78, 5) is 0. The molecule has 0 fully saturated rings. The monoisotopic (exact) mass is 430 g/mol. The summed E-state index contributed by atoms with van der Waals surface area (Å²) in [5, 5.41) is 12.1. The molecule has 0 aliphatic rings. The summed E-state index contributed by atoms with van der Waals surface area (Å²) in [6.45, 7) is 7.04. The molecule has 0 saturated heterocycles. The summed E-state index contributed by atoms with van der Waals surface area (Å²) in [7, 11) is 0. The summed E-state index contributed by atoms with van der Waals surface area (Å²) >= 11 is 11.8. The highest BCUT2D eigenvalue weighted by Gasteiger charge is 2.13. The highest BCUT2D eigenvalue weighted by molar-refractivity contribution is 7.71. The van der Waals surface area contributed by atoms with Crippen LogP contribution in [0.4, 0.5) is 0 Å². The quantitative estimate of drug-likeness (QED) is 0.371. The smallest absolute Gasteiger partial charge is 0.216 e. The first kappa shape index (κ1) is 21.1. The van der Waals surface area contributed by atoms with Crippen molar-refractivity contribution in [1.29, 1.82) is 0 Å². The predicted octanol–water partition coefficient (Wildman–Crippen LogP) is 5.64. The second kappa shape index (κ2) is 9.71. The largest absolute Gasteiger partial charge is 0.490 e. The number of ether oxygens (including phenoxy) is 2. The molecule has 0 amide bonds. The predicted molar refractivity (Wildman–Crippen MR) is 119 cm³/mol. The van der Waals surface area contributed by atoms with Crippen LogP contribution in [0.1, 0.15) is 31.4 Å². The Bertz CT molecular complexity index is 1070. The van der Waals surface area contributed by atoms with Crippen LogP contribution < -0.4 is 9.47 Å². The van der Waals surface area contributed by atoms with E-state index in [4.69, 9.17) is 33.3 Å². The molecule has 8 heteroatoms. The van der Waals surface area contributed by atoms with E-state index in [9.17, 15) is 0 Å². The molecule has 0 aliphatic heterocycles. The van der Waals surface area contributed by atoms with E-state index in [2.05, 4.69) is 15.3 Å². The van der Waals surface area contributed by atoms with Gasteiger partial charge in [-0.15, -0.1) is 0 Å². The summed E-state index contributed by atoms with van der Waals surface area (Å²) in [5.41, 5.74) is 2.80. The lowest BCUT2D eigenvalue weighted by molar-refractivity contribution is 0.277. The van der Waals surface area contributed by atoms with E-state index in [1.54, 1.807) is 17.0 Å². The molecule has 29 heavy (non-hydrogen) atoms. The number of benzene rings is 2. The molecule has 0 atom stereocenters. The van der Waals surface area contributed by atoms with Gasteiger partial charge in [0.1, 0.15) is 0 Å². The molecule has 0 bridgehead atoms. The van der Waals surface area contributed by atoms with E-state index in [0.29, 0.717) is 40.3 Å². The molecule has 2 aromatic carbocycles. The van der Waals surface area contributed by atoms with E-state index in [-0.39, 0.29) is 0 Å². The van der Waals surface area contributed by atoms with Crippen molar-refractivity contribution in [3.8, 4) is 22.9 Å². The van der Waals surface area contributed by atoms with E-state index in [1.165, 1.54) is 0 Å². The molecular formula is C21H23ClN4O2S. The van der Waals surface area contributed by atoms with E-state index >= 15 is 0 Å². The fraction of sp³-hybridized carbons (Fsp3) is 0.286. The van der Waals surface area contributed by atoms with E-state index in [0.717, 1.165) is 23.1 Å². The lowest BCUT2D eigenvalue weighted by atomic mass is 10.1. The zero-order valence-electron chi connectivity index (χ0n) is 16.6. The molecule has 3 rings (SSSR count). The number of hydrogen-bond donors (Lipinski definition) is 1. The first-order valence-corrected chi connectivity index (χ1v) is 10.2. The average molecular weight is 431 g/mol. The Balaban J connectivity index is 1.98. The second-order valence-electron chi connectivity index (χ2n) is 6.34. The van der Waals surface area contributed by atoms with Gasteiger partial charge in [0.2, 0.25) is 4.77 Å². The Morgan fingerprint density at radius 1 is 1.24 bits per heavy atom. The van der Waals surface area contributed by atoms with Crippen molar-refractivity contribution >= 4 is 30.0 Å². The van der Waals surface area contributed by atoms with Crippen molar-refractivity contribution < 1.29 is 9.47 Å². The standard InChI is InChI=1S/C21H23ClN4O2S/c1-4-10-28-19-17(22)11-15(12-18(19)27-5-2)13-23-26-20(24-25-21(26)29)16-9-7-6-8-14(16)3/h6-9,11-13H,4-5,10H2,1-3H3,(H,25,29)/b23-13+. The van der Waals surface area contributed by atoms with Crippen molar-refractivity contribution in [2.75, 3.05) is 13.2 Å². The van der Waals surface area contributed by atoms with Crippen molar-refractivity contribution in [3.05, 3.63) is 57.3 Å². The minimum Gasteiger partial charge on any atom is -0.490 e. The zero-order valence-corrected chi connectivity index (χ0v) is 18.2. The van der Waals surface area contributed by atoms with Gasteiger partial charge in [-0.25, -0.2) is 5.10 Å². The Labute approximate surface area is 180 Å². The number of aromatic nitrogens is 3.